The second kappa shape index (κ2) is 5.99. The Morgan fingerprint density at radius 3 is 2.15 bits per heavy atom. The summed E-state index contributed by atoms with van der Waals surface area (Å²) in [7, 11) is 0. The van der Waals surface area contributed by atoms with Crippen LogP contribution in [0.2, 0.25) is 0 Å². The van der Waals surface area contributed by atoms with E-state index in [4.69, 9.17) is 0 Å². The molecule has 0 aromatic heterocycles. The normalized spacial score (nSPS) is 29.9. The number of carboxylic acids is 1. The van der Waals surface area contributed by atoms with E-state index < -0.39 is 17.5 Å². The molecule has 1 aliphatic carbocycles. The molecule has 114 valence electrons. The van der Waals surface area contributed by atoms with E-state index in [1.807, 2.05) is 5.01 Å². The highest BCUT2D eigenvalue weighted by atomic mass is 16.4. The predicted molar refractivity (Wildman–Crippen MR) is 75.1 cm³/mol. The van der Waals surface area contributed by atoms with Crippen LogP contribution in [0.15, 0.2) is 0 Å². The Hall–Kier alpha value is -1.30. The Kier molecular flexibility index (Phi) is 4.52. The number of piperidine rings is 1. The smallest absolute Gasteiger partial charge is 0.330 e. The van der Waals surface area contributed by atoms with Gasteiger partial charge in [0.1, 0.15) is 5.54 Å². The van der Waals surface area contributed by atoms with Crippen LogP contribution in [-0.2, 0) is 4.79 Å². The first-order valence-corrected chi connectivity index (χ1v) is 7.55. The summed E-state index contributed by atoms with van der Waals surface area (Å²) in [6, 6.07) is 0.178. The molecule has 0 aromatic rings. The Morgan fingerprint density at radius 1 is 1.10 bits per heavy atom. The molecular formula is C14H25N3O3. The fourth-order valence-electron chi connectivity index (χ4n) is 3.38. The summed E-state index contributed by atoms with van der Waals surface area (Å²) in [6.45, 7) is 4.16. The highest BCUT2D eigenvalue weighted by molar-refractivity contribution is 5.86. The van der Waals surface area contributed by atoms with E-state index >= 15 is 0 Å². The van der Waals surface area contributed by atoms with Crippen LogP contribution in [0.1, 0.15) is 58.8 Å². The number of amides is 2. The summed E-state index contributed by atoms with van der Waals surface area (Å²) < 4.78 is 0. The van der Waals surface area contributed by atoms with E-state index in [0.29, 0.717) is 12.8 Å². The van der Waals surface area contributed by atoms with Crippen molar-refractivity contribution in [3.63, 3.8) is 0 Å². The summed E-state index contributed by atoms with van der Waals surface area (Å²) in [4.78, 5) is 23.6. The van der Waals surface area contributed by atoms with Gasteiger partial charge < -0.3 is 10.4 Å². The van der Waals surface area contributed by atoms with Gasteiger partial charge in [-0.3, -0.25) is 5.43 Å². The van der Waals surface area contributed by atoms with E-state index in [1.165, 1.54) is 6.42 Å². The van der Waals surface area contributed by atoms with Gasteiger partial charge in [0.2, 0.25) is 0 Å². The molecule has 1 heterocycles. The largest absolute Gasteiger partial charge is 0.480 e. The lowest BCUT2D eigenvalue weighted by Gasteiger charge is -2.39. The van der Waals surface area contributed by atoms with Crippen molar-refractivity contribution in [3.05, 3.63) is 0 Å². The number of hydrogen-bond donors (Lipinski definition) is 3. The molecule has 2 unspecified atom stereocenters. The fraction of sp³-hybridized carbons (Fsp3) is 0.857. The van der Waals surface area contributed by atoms with Crippen LogP contribution in [0, 0.1) is 0 Å². The van der Waals surface area contributed by atoms with Crippen molar-refractivity contribution in [3.8, 4) is 0 Å². The molecule has 1 saturated heterocycles. The SMILES string of the molecule is CC1CCCC(C)N1NC(=O)NC1(C(=O)O)CCCC1. The van der Waals surface area contributed by atoms with E-state index in [1.54, 1.807) is 0 Å². The Labute approximate surface area is 119 Å². The van der Waals surface area contributed by atoms with Crippen molar-refractivity contribution in [1.82, 2.24) is 15.8 Å². The minimum atomic E-state index is -1.08. The molecule has 6 heteroatoms. The Balaban J connectivity index is 1.96. The minimum Gasteiger partial charge on any atom is -0.480 e. The quantitative estimate of drug-likeness (QED) is 0.738. The number of carbonyl (C=O) groups is 2. The number of hydrogen-bond acceptors (Lipinski definition) is 3. The maximum absolute atomic E-state index is 12.1. The number of nitrogens with one attached hydrogen (secondary N) is 2. The number of rotatable bonds is 3. The van der Waals surface area contributed by atoms with Crippen molar-refractivity contribution < 1.29 is 14.7 Å². The molecule has 2 atom stereocenters. The minimum absolute atomic E-state index is 0.286. The van der Waals surface area contributed by atoms with Crippen LogP contribution in [0.4, 0.5) is 4.79 Å². The summed E-state index contributed by atoms with van der Waals surface area (Å²) in [6.07, 6.45) is 6.00. The molecule has 2 fully saturated rings. The molecule has 1 aliphatic heterocycles. The first-order chi connectivity index (χ1) is 9.44. The number of urea groups is 1. The van der Waals surface area contributed by atoms with Crippen molar-refractivity contribution in [1.29, 1.82) is 0 Å². The lowest BCUT2D eigenvalue weighted by molar-refractivity contribution is -0.144. The maximum atomic E-state index is 12.1. The summed E-state index contributed by atoms with van der Waals surface area (Å²) in [5.74, 6) is -0.926. The molecule has 0 spiro atoms. The maximum Gasteiger partial charge on any atom is 0.330 e. The second-order valence-corrected chi connectivity index (χ2v) is 6.20. The first-order valence-electron chi connectivity index (χ1n) is 7.55. The predicted octanol–water partition coefficient (Wildman–Crippen LogP) is 1.86. The Bertz CT molecular complexity index is 370. The van der Waals surface area contributed by atoms with Crippen molar-refractivity contribution in [2.24, 2.45) is 0 Å². The van der Waals surface area contributed by atoms with Crippen molar-refractivity contribution >= 4 is 12.0 Å². The molecule has 2 rings (SSSR count). The molecule has 3 N–H and O–H groups in total. The van der Waals surface area contributed by atoms with Gasteiger partial charge in [-0.05, 0) is 39.5 Å². The van der Waals surface area contributed by atoms with E-state index in [9.17, 15) is 14.7 Å². The van der Waals surface area contributed by atoms with Gasteiger partial charge in [0.15, 0.2) is 0 Å². The third-order valence-electron chi connectivity index (χ3n) is 4.64. The third-order valence-corrected chi connectivity index (χ3v) is 4.64. The van der Waals surface area contributed by atoms with Gasteiger partial charge in [0, 0.05) is 12.1 Å². The topological polar surface area (TPSA) is 81.7 Å². The van der Waals surface area contributed by atoms with Crippen molar-refractivity contribution in [2.75, 3.05) is 0 Å². The van der Waals surface area contributed by atoms with Crippen LogP contribution in [0.3, 0.4) is 0 Å². The van der Waals surface area contributed by atoms with Crippen LogP contribution >= 0.6 is 0 Å². The summed E-state index contributed by atoms with van der Waals surface area (Å²) >= 11 is 0. The monoisotopic (exact) mass is 283 g/mol. The molecule has 2 aliphatic rings. The average Bonchev–Trinajstić information content (AvgIpc) is 2.84. The van der Waals surface area contributed by atoms with Crippen molar-refractivity contribution in [2.45, 2.75) is 76.4 Å². The van der Waals surface area contributed by atoms with Gasteiger partial charge in [-0.2, -0.15) is 0 Å². The van der Waals surface area contributed by atoms with E-state index in [0.717, 1.165) is 25.7 Å². The molecule has 0 bridgehead atoms. The molecule has 6 nitrogen and oxygen atoms in total. The zero-order chi connectivity index (χ0) is 14.8. The second-order valence-electron chi connectivity index (χ2n) is 6.20. The summed E-state index contributed by atoms with van der Waals surface area (Å²) in [5.41, 5.74) is 1.77. The summed E-state index contributed by atoms with van der Waals surface area (Å²) in [5, 5.41) is 14.0. The van der Waals surface area contributed by atoms with Crippen LogP contribution in [-0.4, -0.2) is 39.7 Å². The average molecular weight is 283 g/mol. The number of carboxylic acid groups (broad SMARTS) is 1. The molecule has 20 heavy (non-hydrogen) atoms. The van der Waals surface area contributed by atoms with E-state index in [-0.39, 0.29) is 12.1 Å². The third kappa shape index (κ3) is 3.06. The lowest BCUT2D eigenvalue weighted by atomic mass is 9.98. The molecule has 1 saturated carbocycles. The zero-order valence-corrected chi connectivity index (χ0v) is 12.3. The van der Waals surface area contributed by atoms with Gasteiger partial charge in [0.25, 0.3) is 0 Å². The van der Waals surface area contributed by atoms with Gasteiger partial charge >= 0.3 is 12.0 Å². The lowest BCUT2D eigenvalue weighted by Crippen LogP contribution is -2.61. The molecular weight excluding hydrogens is 258 g/mol. The number of nitrogens with zero attached hydrogens (tertiary/aromatic N) is 1. The zero-order valence-electron chi connectivity index (χ0n) is 12.3. The highest BCUT2D eigenvalue weighted by Crippen LogP contribution is 2.30. The number of hydrazine groups is 1. The standard InChI is InChI=1S/C14H25N3O3/c1-10-6-5-7-11(2)17(10)16-13(20)15-14(12(18)19)8-3-4-9-14/h10-11H,3-9H2,1-2H3,(H,18,19)(H2,15,16,20). The first kappa shape index (κ1) is 15.1. The highest BCUT2D eigenvalue weighted by Gasteiger charge is 2.43. The van der Waals surface area contributed by atoms with Crippen LogP contribution in [0.5, 0.6) is 0 Å². The molecule has 0 radical (unpaired) electrons. The van der Waals surface area contributed by atoms with Gasteiger partial charge in [-0.1, -0.05) is 19.3 Å². The number of aliphatic carboxylic acids is 1. The Morgan fingerprint density at radius 2 is 1.65 bits per heavy atom. The van der Waals surface area contributed by atoms with Crippen LogP contribution in [0.25, 0.3) is 0 Å². The fourth-order valence-corrected chi connectivity index (χ4v) is 3.38. The van der Waals surface area contributed by atoms with Gasteiger partial charge in [0.05, 0.1) is 0 Å². The molecule has 0 aromatic carbocycles. The van der Waals surface area contributed by atoms with E-state index in [2.05, 4.69) is 24.6 Å². The molecule has 2 amide bonds. The van der Waals surface area contributed by atoms with Gasteiger partial charge in [-0.25, -0.2) is 14.6 Å². The van der Waals surface area contributed by atoms with Crippen LogP contribution < -0.4 is 10.7 Å². The van der Waals surface area contributed by atoms with Gasteiger partial charge in [-0.15, -0.1) is 0 Å². The number of carbonyl (C=O) groups excluding carboxylic acids is 1.